The molecule has 0 saturated carbocycles. The maximum absolute atomic E-state index is 13.0. The van der Waals surface area contributed by atoms with Crippen LogP contribution in [0.5, 0.6) is 0 Å². The molecule has 1 amide bonds. The molecule has 0 bridgehead atoms. The minimum Gasteiger partial charge on any atom is -0.352 e. The van der Waals surface area contributed by atoms with Crippen molar-refractivity contribution in [1.29, 1.82) is 0 Å². The second kappa shape index (κ2) is 6.85. The second-order valence-electron chi connectivity index (χ2n) is 4.86. The molecule has 1 N–H and O–H groups in total. The number of aryl methyl sites for hydroxylation is 2. The summed E-state index contributed by atoms with van der Waals surface area (Å²) in [6.07, 6.45) is 1.79. The number of rotatable bonds is 5. The second-order valence-corrected chi connectivity index (χ2v) is 4.86. The molecule has 0 atom stereocenters. The molecule has 104 valence electrons. The quantitative estimate of drug-likeness (QED) is 0.829. The zero-order valence-electron chi connectivity index (χ0n) is 11.5. The first kappa shape index (κ1) is 14.3. The smallest absolute Gasteiger partial charge is 0.251 e. The molecule has 0 radical (unpaired) electrons. The average Bonchev–Trinajstić information content (AvgIpc) is 2.43. The van der Waals surface area contributed by atoms with Gasteiger partial charge in [0, 0.05) is 12.1 Å². The van der Waals surface area contributed by atoms with Gasteiger partial charge >= 0.3 is 0 Å². The standard InChI is InChI=1S/C17H18FNO/c1-13-5-2-6-14(11-13)7-4-10-19-17(20)15-8-3-9-16(18)12-15/h2-3,5-6,8-9,11-12H,4,7,10H2,1H3,(H,19,20). The van der Waals surface area contributed by atoms with Gasteiger partial charge in [-0.15, -0.1) is 0 Å². The van der Waals surface area contributed by atoms with Crippen LogP contribution in [0, 0.1) is 12.7 Å². The highest BCUT2D eigenvalue weighted by atomic mass is 19.1. The van der Waals surface area contributed by atoms with Crippen LogP contribution in [0.2, 0.25) is 0 Å². The van der Waals surface area contributed by atoms with Gasteiger partial charge in [0.15, 0.2) is 0 Å². The van der Waals surface area contributed by atoms with Gasteiger partial charge in [-0.1, -0.05) is 35.9 Å². The molecule has 0 heterocycles. The molecule has 0 saturated heterocycles. The molecule has 0 spiro atoms. The van der Waals surface area contributed by atoms with Crippen LogP contribution in [-0.4, -0.2) is 12.5 Å². The largest absolute Gasteiger partial charge is 0.352 e. The fourth-order valence-electron chi connectivity index (χ4n) is 2.09. The molecule has 2 aromatic rings. The van der Waals surface area contributed by atoms with Gasteiger partial charge in [-0.05, 0) is 43.5 Å². The third kappa shape index (κ3) is 4.19. The van der Waals surface area contributed by atoms with Gasteiger partial charge in [0.25, 0.3) is 5.91 Å². The van der Waals surface area contributed by atoms with Crippen molar-refractivity contribution < 1.29 is 9.18 Å². The summed E-state index contributed by atoms with van der Waals surface area (Å²) in [5.41, 5.74) is 2.87. The summed E-state index contributed by atoms with van der Waals surface area (Å²) >= 11 is 0. The fourth-order valence-corrected chi connectivity index (χ4v) is 2.09. The van der Waals surface area contributed by atoms with E-state index in [4.69, 9.17) is 0 Å². The third-order valence-electron chi connectivity index (χ3n) is 3.10. The summed E-state index contributed by atoms with van der Waals surface area (Å²) in [5, 5.41) is 2.81. The molecule has 0 aromatic heterocycles. The molecular formula is C17H18FNO. The van der Waals surface area contributed by atoms with Crippen LogP contribution >= 0.6 is 0 Å². The molecule has 20 heavy (non-hydrogen) atoms. The molecule has 0 aliphatic carbocycles. The maximum Gasteiger partial charge on any atom is 0.251 e. The Hall–Kier alpha value is -2.16. The minimum absolute atomic E-state index is 0.228. The van der Waals surface area contributed by atoms with E-state index in [-0.39, 0.29) is 5.91 Å². The summed E-state index contributed by atoms with van der Waals surface area (Å²) in [4.78, 5) is 11.8. The van der Waals surface area contributed by atoms with E-state index in [0.29, 0.717) is 12.1 Å². The lowest BCUT2D eigenvalue weighted by Crippen LogP contribution is -2.24. The minimum atomic E-state index is -0.391. The molecule has 2 rings (SSSR count). The van der Waals surface area contributed by atoms with Gasteiger partial charge in [0.05, 0.1) is 0 Å². The Morgan fingerprint density at radius 3 is 2.70 bits per heavy atom. The number of hydrogen-bond acceptors (Lipinski definition) is 1. The van der Waals surface area contributed by atoms with Crippen LogP contribution in [0.3, 0.4) is 0 Å². The van der Waals surface area contributed by atoms with Crippen LogP contribution in [0.4, 0.5) is 4.39 Å². The van der Waals surface area contributed by atoms with Gasteiger partial charge in [-0.2, -0.15) is 0 Å². The normalized spacial score (nSPS) is 10.3. The molecule has 0 aliphatic rings. The Balaban J connectivity index is 1.77. The third-order valence-corrected chi connectivity index (χ3v) is 3.10. The average molecular weight is 271 g/mol. The van der Waals surface area contributed by atoms with Crippen molar-refractivity contribution in [2.45, 2.75) is 19.8 Å². The van der Waals surface area contributed by atoms with Crippen molar-refractivity contribution in [1.82, 2.24) is 5.32 Å². The molecule has 2 nitrogen and oxygen atoms in total. The Labute approximate surface area is 118 Å². The van der Waals surface area contributed by atoms with E-state index in [2.05, 4.69) is 30.4 Å². The zero-order valence-corrected chi connectivity index (χ0v) is 11.5. The van der Waals surface area contributed by atoms with Crippen molar-refractivity contribution in [2.75, 3.05) is 6.54 Å². The van der Waals surface area contributed by atoms with Gasteiger partial charge < -0.3 is 5.32 Å². The number of nitrogens with one attached hydrogen (secondary N) is 1. The molecule has 0 unspecified atom stereocenters. The molecule has 0 fully saturated rings. The number of carbonyl (C=O) groups is 1. The highest BCUT2D eigenvalue weighted by Gasteiger charge is 2.05. The number of halogens is 1. The van der Waals surface area contributed by atoms with Crippen LogP contribution in [-0.2, 0) is 6.42 Å². The Morgan fingerprint density at radius 1 is 1.15 bits per heavy atom. The van der Waals surface area contributed by atoms with E-state index in [0.717, 1.165) is 12.8 Å². The van der Waals surface area contributed by atoms with Crippen LogP contribution in [0.15, 0.2) is 48.5 Å². The maximum atomic E-state index is 13.0. The van der Waals surface area contributed by atoms with Crippen molar-refractivity contribution >= 4 is 5.91 Å². The number of hydrogen-bond donors (Lipinski definition) is 1. The van der Waals surface area contributed by atoms with Crippen molar-refractivity contribution in [3.63, 3.8) is 0 Å². The summed E-state index contributed by atoms with van der Waals surface area (Å²) < 4.78 is 13.0. The van der Waals surface area contributed by atoms with Crippen LogP contribution in [0.25, 0.3) is 0 Å². The Morgan fingerprint density at radius 2 is 1.95 bits per heavy atom. The van der Waals surface area contributed by atoms with Gasteiger partial charge in [-0.25, -0.2) is 4.39 Å². The van der Waals surface area contributed by atoms with Gasteiger partial charge in [0.1, 0.15) is 5.82 Å². The summed E-state index contributed by atoms with van der Waals surface area (Å²) in [6, 6.07) is 14.1. The highest BCUT2D eigenvalue weighted by Crippen LogP contribution is 2.06. The first-order valence-corrected chi connectivity index (χ1v) is 6.74. The predicted octanol–water partition coefficient (Wildman–Crippen LogP) is 3.50. The highest BCUT2D eigenvalue weighted by molar-refractivity contribution is 5.94. The molecule has 0 aliphatic heterocycles. The Bertz CT molecular complexity index is 595. The predicted molar refractivity (Wildman–Crippen MR) is 78.2 cm³/mol. The number of amides is 1. The first-order valence-electron chi connectivity index (χ1n) is 6.74. The Kier molecular flexibility index (Phi) is 4.88. The van der Waals surface area contributed by atoms with E-state index in [1.54, 1.807) is 6.07 Å². The lowest BCUT2D eigenvalue weighted by atomic mass is 10.1. The summed E-state index contributed by atoms with van der Waals surface area (Å²) in [7, 11) is 0. The van der Waals surface area contributed by atoms with Crippen molar-refractivity contribution in [3.8, 4) is 0 Å². The SMILES string of the molecule is Cc1cccc(CCCNC(=O)c2cccc(F)c2)c1. The van der Waals surface area contributed by atoms with E-state index in [1.807, 2.05) is 6.07 Å². The number of benzene rings is 2. The van der Waals surface area contributed by atoms with E-state index in [9.17, 15) is 9.18 Å². The fraction of sp³-hybridized carbons (Fsp3) is 0.235. The van der Waals surface area contributed by atoms with Gasteiger partial charge in [0.2, 0.25) is 0 Å². The molecule has 3 heteroatoms. The lowest BCUT2D eigenvalue weighted by molar-refractivity contribution is 0.0953. The molecular weight excluding hydrogens is 253 g/mol. The zero-order chi connectivity index (χ0) is 14.4. The van der Waals surface area contributed by atoms with E-state index in [1.165, 1.54) is 29.3 Å². The van der Waals surface area contributed by atoms with E-state index >= 15 is 0 Å². The first-order chi connectivity index (χ1) is 9.65. The van der Waals surface area contributed by atoms with Crippen molar-refractivity contribution in [3.05, 3.63) is 71.0 Å². The molecule has 2 aromatic carbocycles. The lowest BCUT2D eigenvalue weighted by Gasteiger charge is -2.06. The monoisotopic (exact) mass is 271 g/mol. The van der Waals surface area contributed by atoms with Crippen LogP contribution < -0.4 is 5.32 Å². The van der Waals surface area contributed by atoms with Gasteiger partial charge in [-0.3, -0.25) is 4.79 Å². The summed E-state index contributed by atoms with van der Waals surface area (Å²) in [6.45, 7) is 2.65. The van der Waals surface area contributed by atoms with Crippen LogP contribution in [0.1, 0.15) is 27.9 Å². The number of carbonyl (C=O) groups excluding carboxylic acids is 1. The summed E-state index contributed by atoms with van der Waals surface area (Å²) in [5.74, 6) is -0.619. The topological polar surface area (TPSA) is 29.1 Å². The van der Waals surface area contributed by atoms with E-state index < -0.39 is 5.82 Å². The van der Waals surface area contributed by atoms with Crippen molar-refractivity contribution in [2.24, 2.45) is 0 Å².